The molecule has 0 saturated carbocycles. The first-order valence-corrected chi connectivity index (χ1v) is 9.00. The van der Waals surface area contributed by atoms with Crippen LogP contribution in [0.15, 0.2) is 30.7 Å². The first-order valence-electron chi connectivity index (χ1n) is 8.25. The number of morpholine rings is 1. The number of carbonyl (C=O) groups excluding carboxylic acids is 1. The molecule has 0 bridgehead atoms. The van der Waals surface area contributed by atoms with Gasteiger partial charge in [0, 0.05) is 12.7 Å². The number of ether oxygens (including phenoxy) is 1. The summed E-state index contributed by atoms with van der Waals surface area (Å²) >= 11 is 12.1. The van der Waals surface area contributed by atoms with Crippen LogP contribution in [-0.4, -0.2) is 40.5 Å². The molecule has 3 rings (SSSR count). The first-order chi connectivity index (χ1) is 12.1. The van der Waals surface area contributed by atoms with Crippen LogP contribution in [-0.2, 0) is 11.2 Å². The van der Waals surface area contributed by atoms with Crippen LogP contribution in [0.2, 0.25) is 10.0 Å². The maximum Gasteiger partial charge on any atom is 0.257 e. The van der Waals surface area contributed by atoms with Gasteiger partial charge in [0.25, 0.3) is 5.91 Å². The van der Waals surface area contributed by atoms with Crippen molar-refractivity contribution in [2.45, 2.75) is 25.9 Å². The van der Waals surface area contributed by atoms with Crippen LogP contribution in [0.1, 0.15) is 41.1 Å². The summed E-state index contributed by atoms with van der Waals surface area (Å²) in [5.41, 5.74) is 2.27. The molecule has 5 nitrogen and oxygen atoms in total. The van der Waals surface area contributed by atoms with Crippen LogP contribution in [0.25, 0.3) is 0 Å². The van der Waals surface area contributed by atoms with E-state index in [4.69, 9.17) is 27.9 Å². The van der Waals surface area contributed by atoms with Gasteiger partial charge in [0.05, 0.1) is 34.5 Å². The summed E-state index contributed by atoms with van der Waals surface area (Å²) in [4.78, 5) is 23.0. The Bertz CT molecular complexity index is 770. The lowest BCUT2D eigenvalue weighted by molar-refractivity contribution is -0.0228. The predicted molar refractivity (Wildman–Crippen MR) is 97.1 cm³/mol. The lowest BCUT2D eigenvalue weighted by atomic mass is 10.1. The highest BCUT2D eigenvalue weighted by molar-refractivity contribution is 6.42. The van der Waals surface area contributed by atoms with Crippen molar-refractivity contribution in [2.24, 2.45) is 0 Å². The molecule has 0 spiro atoms. The van der Waals surface area contributed by atoms with Gasteiger partial charge in [-0.1, -0.05) is 42.6 Å². The number of nitrogens with zero attached hydrogens (tertiary/aromatic N) is 3. The van der Waals surface area contributed by atoms with E-state index in [0.29, 0.717) is 35.3 Å². The van der Waals surface area contributed by atoms with E-state index in [9.17, 15) is 4.79 Å². The van der Waals surface area contributed by atoms with Crippen molar-refractivity contribution < 1.29 is 9.53 Å². The second-order valence-electron chi connectivity index (χ2n) is 5.92. The van der Waals surface area contributed by atoms with E-state index < -0.39 is 0 Å². The topological polar surface area (TPSA) is 55.3 Å². The molecule has 0 aliphatic carbocycles. The minimum absolute atomic E-state index is 0.0580. The Morgan fingerprint density at radius 3 is 2.96 bits per heavy atom. The maximum atomic E-state index is 12.9. The molecule has 1 saturated heterocycles. The average Bonchev–Trinajstić information content (AvgIpc) is 2.64. The molecule has 1 aromatic heterocycles. The van der Waals surface area contributed by atoms with Gasteiger partial charge in [0.15, 0.2) is 0 Å². The number of hydrogen-bond acceptors (Lipinski definition) is 4. The summed E-state index contributed by atoms with van der Waals surface area (Å²) in [5, 5.41) is 0.979. The quantitative estimate of drug-likeness (QED) is 0.806. The lowest BCUT2D eigenvalue weighted by Crippen LogP contribution is -2.42. The highest BCUT2D eigenvalue weighted by Crippen LogP contribution is 2.29. The summed E-state index contributed by atoms with van der Waals surface area (Å²) < 4.78 is 5.83. The molecule has 0 radical (unpaired) electrons. The van der Waals surface area contributed by atoms with Crippen molar-refractivity contribution in [3.8, 4) is 0 Å². The molecule has 1 amide bonds. The van der Waals surface area contributed by atoms with Crippen molar-refractivity contribution in [3.63, 3.8) is 0 Å². The van der Waals surface area contributed by atoms with Crippen LogP contribution in [0, 0.1) is 0 Å². The van der Waals surface area contributed by atoms with Gasteiger partial charge in [-0.3, -0.25) is 4.79 Å². The molecule has 1 atom stereocenters. The average molecular weight is 380 g/mol. The Morgan fingerprint density at radius 1 is 1.36 bits per heavy atom. The third kappa shape index (κ3) is 4.11. The second kappa shape index (κ2) is 8.13. The molecule has 1 fully saturated rings. The van der Waals surface area contributed by atoms with Crippen LogP contribution in [0.4, 0.5) is 0 Å². The van der Waals surface area contributed by atoms with Gasteiger partial charge in [-0.25, -0.2) is 9.97 Å². The number of halogens is 2. The fraction of sp³-hybridized carbons (Fsp3) is 0.389. The van der Waals surface area contributed by atoms with Gasteiger partial charge in [0.1, 0.15) is 12.4 Å². The number of amides is 1. The van der Waals surface area contributed by atoms with Crippen molar-refractivity contribution in [1.82, 2.24) is 14.9 Å². The van der Waals surface area contributed by atoms with Gasteiger partial charge in [0.2, 0.25) is 0 Å². The zero-order chi connectivity index (χ0) is 17.8. The molecule has 2 aromatic rings. The normalized spacial score (nSPS) is 17.6. The van der Waals surface area contributed by atoms with E-state index >= 15 is 0 Å². The zero-order valence-electron chi connectivity index (χ0n) is 13.9. The highest BCUT2D eigenvalue weighted by atomic mass is 35.5. The molecule has 1 aliphatic rings. The zero-order valence-corrected chi connectivity index (χ0v) is 15.4. The largest absolute Gasteiger partial charge is 0.370 e. The number of aromatic nitrogens is 2. The Balaban J connectivity index is 1.79. The molecule has 0 N–H and O–H groups in total. The predicted octanol–water partition coefficient (Wildman–Crippen LogP) is 3.95. The van der Waals surface area contributed by atoms with E-state index in [-0.39, 0.29) is 12.0 Å². The van der Waals surface area contributed by atoms with Gasteiger partial charge in [-0.15, -0.1) is 0 Å². The van der Waals surface area contributed by atoms with Crippen molar-refractivity contribution in [3.05, 3.63) is 57.6 Å². The third-order valence-electron chi connectivity index (χ3n) is 4.18. The lowest BCUT2D eigenvalue weighted by Gasteiger charge is -2.33. The third-order valence-corrected chi connectivity index (χ3v) is 4.92. The molecule has 1 aromatic carbocycles. The summed E-state index contributed by atoms with van der Waals surface area (Å²) in [5.74, 6) is -0.0580. The molecule has 0 unspecified atom stereocenters. The summed E-state index contributed by atoms with van der Waals surface area (Å²) in [6, 6.07) is 5.41. The fourth-order valence-electron chi connectivity index (χ4n) is 2.89. The smallest absolute Gasteiger partial charge is 0.257 e. The van der Waals surface area contributed by atoms with E-state index in [2.05, 4.69) is 16.9 Å². The van der Waals surface area contributed by atoms with Crippen molar-refractivity contribution in [2.75, 3.05) is 19.7 Å². The van der Waals surface area contributed by atoms with Gasteiger partial charge >= 0.3 is 0 Å². The minimum atomic E-state index is -0.230. The molecule has 2 heterocycles. The number of benzene rings is 1. The summed E-state index contributed by atoms with van der Waals surface area (Å²) in [6.45, 7) is 3.52. The SMILES string of the molecule is CCCc1ncncc1C(=O)N1CCO[C@@H](c2ccc(Cl)c(Cl)c2)C1. The number of carbonyl (C=O) groups is 1. The standard InChI is InChI=1S/C18H19Cl2N3O2/c1-2-3-16-13(9-21-11-22-16)18(24)23-6-7-25-17(10-23)12-4-5-14(19)15(20)8-12/h4-5,8-9,11,17H,2-3,6-7,10H2,1H3/t17-/m1/s1. The summed E-state index contributed by atoms with van der Waals surface area (Å²) in [7, 11) is 0. The highest BCUT2D eigenvalue weighted by Gasteiger charge is 2.28. The molecular formula is C18H19Cl2N3O2. The van der Waals surface area contributed by atoms with E-state index in [1.165, 1.54) is 6.33 Å². The minimum Gasteiger partial charge on any atom is -0.370 e. The molecule has 25 heavy (non-hydrogen) atoms. The molecular weight excluding hydrogens is 361 g/mol. The molecule has 132 valence electrons. The van der Waals surface area contributed by atoms with Crippen LogP contribution < -0.4 is 0 Å². The van der Waals surface area contributed by atoms with Crippen LogP contribution in [0.5, 0.6) is 0 Å². The van der Waals surface area contributed by atoms with Crippen molar-refractivity contribution >= 4 is 29.1 Å². The van der Waals surface area contributed by atoms with Crippen LogP contribution in [0.3, 0.4) is 0 Å². The van der Waals surface area contributed by atoms with Gasteiger partial charge < -0.3 is 9.64 Å². The Labute approximate surface area is 156 Å². The Morgan fingerprint density at radius 2 is 2.20 bits per heavy atom. The van der Waals surface area contributed by atoms with E-state index in [1.807, 2.05) is 6.07 Å². The number of aryl methyl sites for hydroxylation is 1. The molecule has 1 aliphatic heterocycles. The van der Waals surface area contributed by atoms with Crippen LogP contribution >= 0.6 is 23.2 Å². The maximum absolute atomic E-state index is 12.9. The monoisotopic (exact) mass is 379 g/mol. The summed E-state index contributed by atoms with van der Waals surface area (Å²) in [6.07, 6.45) is 4.53. The van der Waals surface area contributed by atoms with Gasteiger partial charge in [-0.05, 0) is 24.1 Å². The Kier molecular flexibility index (Phi) is 5.89. The number of rotatable bonds is 4. The first kappa shape index (κ1) is 18.1. The van der Waals surface area contributed by atoms with Crippen molar-refractivity contribution in [1.29, 1.82) is 0 Å². The molecule has 7 heteroatoms. The van der Waals surface area contributed by atoms with E-state index in [0.717, 1.165) is 24.1 Å². The second-order valence-corrected chi connectivity index (χ2v) is 6.73. The van der Waals surface area contributed by atoms with Gasteiger partial charge in [-0.2, -0.15) is 0 Å². The fourth-order valence-corrected chi connectivity index (χ4v) is 3.19. The number of hydrogen-bond donors (Lipinski definition) is 0. The van der Waals surface area contributed by atoms with E-state index in [1.54, 1.807) is 23.2 Å². The Hall–Kier alpha value is -1.69.